The molecule has 0 aromatic carbocycles. The van der Waals surface area contributed by atoms with Crippen molar-refractivity contribution in [3.8, 4) is 0 Å². The molecule has 2 heterocycles. The van der Waals surface area contributed by atoms with Crippen LogP contribution in [-0.2, 0) is 0 Å². The van der Waals surface area contributed by atoms with Crippen molar-refractivity contribution in [3.63, 3.8) is 0 Å². The highest BCUT2D eigenvalue weighted by atomic mass is 127. The van der Waals surface area contributed by atoms with Gasteiger partial charge in [0.25, 0.3) is 0 Å². The highest BCUT2D eigenvalue weighted by molar-refractivity contribution is 14.1. The highest BCUT2D eigenvalue weighted by Gasteiger charge is 2.10. The normalized spacial score (nSPS) is 11.0. The van der Waals surface area contributed by atoms with Gasteiger partial charge in [0, 0.05) is 8.95 Å². The van der Waals surface area contributed by atoms with Gasteiger partial charge in [0.1, 0.15) is 9.98 Å². The molecule has 0 unspecified atom stereocenters. The fraction of sp³-hybridized carbons (Fsp3) is 0.143. The number of hydrogen-bond donors (Lipinski definition) is 0. The van der Waals surface area contributed by atoms with Crippen LogP contribution in [0.1, 0.15) is 0 Å². The van der Waals surface area contributed by atoms with Crippen LogP contribution in [0.5, 0.6) is 0 Å². The molecular weight excluding hydrogens is 339 g/mol. The Morgan fingerprint density at radius 3 is 3.00 bits per heavy atom. The van der Waals surface area contributed by atoms with E-state index in [1.807, 2.05) is 11.6 Å². The number of aromatic nitrogens is 2. The topological polar surface area (TPSA) is 25.8 Å². The summed E-state index contributed by atoms with van der Waals surface area (Å²) in [6.07, 6.45) is 1.94. The van der Waals surface area contributed by atoms with E-state index in [4.69, 9.17) is 11.6 Å². The van der Waals surface area contributed by atoms with Crippen LogP contribution in [0.2, 0.25) is 5.15 Å². The average Bonchev–Trinajstić information content (AvgIpc) is 2.48. The van der Waals surface area contributed by atoms with E-state index in [1.165, 1.54) is 11.8 Å². The molecule has 0 aliphatic carbocycles. The largest absolute Gasteiger partial charge is 0.211 e. The lowest BCUT2D eigenvalue weighted by Gasteiger charge is -1.97. The molecule has 2 aromatic heterocycles. The van der Waals surface area contributed by atoms with Gasteiger partial charge in [-0.3, -0.25) is 0 Å². The van der Waals surface area contributed by atoms with Crippen molar-refractivity contribution in [2.24, 2.45) is 0 Å². The molecular formula is C7H4ClIN2S2. The minimum atomic E-state index is 0.556. The number of fused-ring (bicyclic) bond motifs is 1. The minimum absolute atomic E-state index is 0.556. The molecule has 2 nitrogen and oxygen atoms in total. The Hall–Kier alpha value is 0.410. The van der Waals surface area contributed by atoms with Gasteiger partial charge in [0.05, 0.1) is 5.39 Å². The Labute approximate surface area is 102 Å². The molecule has 0 aliphatic heterocycles. The summed E-state index contributed by atoms with van der Waals surface area (Å²) in [5.41, 5.74) is 0. The molecule has 13 heavy (non-hydrogen) atoms. The first-order valence-corrected chi connectivity index (χ1v) is 6.92. The van der Waals surface area contributed by atoms with Gasteiger partial charge in [-0.15, -0.1) is 11.3 Å². The molecule has 2 rings (SSSR count). The van der Waals surface area contributed by atoms with Crippen molar-refractivity contribution in [3.05, 3.63) is 14.1 Å². The Morgan fingerprint density at radius 1 is 1.54 bits per heavy atom. The van der Waals surface area contributed by atoms with Gasteiger partial charge < -0.3 is 0 Å². The van der Waals surface area contributed by atoms with Crippen LogP contribution < -0.4 is 0 Å². The van der Waals surface area contributed by atoms with Crippen LogP contribution in [0.4, 0.5) is 0 Å². The maximum atomic E-state index is 6.03. The standard InChI is InChI=1S/C7H4ClIN2S2/c1-12-7-10-5(8)4-3(9)2-13-6(4)11-7/h2H,1H3. The number of thioether (sulfide) groups is 1. The monoisotopic (exact) mass is 342 g/mol. The van der Waals surface area contributed by atoms with Crippen molar-refractivity contribution >= 4 is 67.5 Å². The van der Waals surface area contributed by atoms with Crippen molar-refractivity contribution in [2.45, 2.75) is 5.16 Å². The van der Waals surface area contributed by atoms with Gasteiger partial charge in [-0.05, 0) is 28.8 Å². The summed E-state index contributed by atoms with van der Waals surface area (Å²) in [5.74, 6) is 0. The molecule has 0 saturated carbocycles. The van der Waals surface area contributed by atoms with Crippen molar-refractivity contribution in [2.75, 3.05) is 6.26 Å². The summed E-state index contributed by atoms with van der Waals surface area (Å²) in [6, 6.07) is 0. The third-order valence-electron chi connectivity index (χ3n) is 1.51. The van der Waals surface area contributed by atoms with E-state index < -0.39 is 0 Å². The second-order valence-electron chi connectivity index (χ2n) is 2.26. The number of rotatable bonds is 1. The summed E-state index contributed by atoms with van der Waals surface area (Å²) < 4.78 is 1.12. The maximum Gasteiger partial charge on any atom is 0.190 e. The smallest absolute Gasteiger partial charge is 0.190 e. The molecule has 0 saturated heterocycles. The number of hydrogen-bond acceptors (Lipinski definition) is 4. The van der Waals surface area contributed by atoms with E-state index in [-0.39, 0.29) is 0 Å². The Bertz CT molecular complexity index is 457. The Balaban J connectivity index is 2.79. The lowest BCUT2D eigenvalue weighted by Crippen LogP contribution is -1.86. The predicted molar refractivity (Wildman–Crippen MR) is 66.9 cm³/mol. The summed E-state index contributed by atoms with van der Waals surface area (Å²) in [5, 5.41) is 4.30. The molecule has 0 radical (unpaired) electrons. The fourth-order valence-electron chi connectivity index (χ4n) is 0.940. The van der Waals surface area contributed by atoms with Gasteiger partial charge in [-0.1, -0.05) is 23.4 Å². The lowest BCUT2D eigenvalue weighted by molar-refractivity contribution is 1.01. The van der Waals surface area contributed by atoms with E-state index in [0.29, 0.717) is 5.15 Å². The third-order valence-corrected chi connectivity index (χ3v) is 4.47. The summed E-state index contributed by atoms with van der Waals surface area (Å²) in [4.78, 5) is 9.49. The van der Waals surface area contributed by atoms with Gasteiger partial charge >= 0.3 is 0 Å². The van der Waals surface area contributed by atoms with Gasteiger partial charge in [-0.25, -0.2) is 9.97 Å². The van der Waals surface area contributed by atoms with Gasteiger partial charge in [-0.2, -0.15) is 0 Å². The zero-order valence-corrected chi connectivity index (χ0v) is 11.1. The van der Waals surface area contributed by atoms with E-state index >= 15 is 0 Å². The van der Waals surface area contributed by atoms with E-state index in [9.17, 15) is 0 Å². The van der Waals surface area contributed by atoms with E-state index in [2.05, 4.69) is 32.6 Å². The van der Waals surface area contributed by atoms with E-state index in [1.54, 1.807) is 11.3 Å². The fourth-order valence-corrected chi connectivity index (χ4v) is 3.77. The van der Waals surface area contributed by atoms with E-state index in [0.717, 1.165) is 18.9 Å². The summed E-state index contributed by atoms with van der Waals surface area (Å²) in [6.45, 7) is 0. The number of nitrogens with zero attached hydrogens (tertiary/aromatic N) is 2. The van der Waals surface area contributed by atoms with Crippen molar-refractivity contribution < 1.29 is 0 Å². The predicted octanol–water partition coefficient (Wildman–Crippen LogP) is 3.67. The quantitative estimate of drug-likeness (QED) is 0.342. The van der Waals surface area contributed by atoms with Crippen LogP contribution in [0.3, 0.4) is 0 Å². The molecule has 0 spiro atoms. The first-order valence-electron chi connectivity index (χ1n) is 3.36. The van der Waals surface area contributed by atoms with Gasteiger partial charge in [0.15, 0.2) is 5.16 Å². The Kier molecular flexibility index (Phi) is 2.97. The summed E-state index contributed by atoms with van der Waals surface area (Å²) >= 11 is 11.4. The minimum Gasteiger partial charge on any atom is -0.211 e. The molecule has 68 valence electrons. The van der Waals surface area contributed by atoms with Crippen molar-refractivity contribution in [1.82, 2.24) is 9.97 Å². The third kappa shape index (κ3) is 1.79. The molecule has 6 heteroatoms. The van der Waals surface area contributed by atoms with Crippen LogP contribution in [0.25, 0.3) is 10.2 Å². The first-order chi connectivity index (χ1) is 6.22. The first kappa shape index (κ1) is 9.95. The second kappa shape index (κ2) is 3.88. The number of thiophene rings is 1. The van der Waals surface area contributed by atoms with Crippen LogP contribution in [-0.4, -0.2) is 16.2 Å². The molecule has 0 amide bonds. The number of halogens is 2. The SMILES string of the molecule is CSc1nc(Cl)c2c(I)csc2n1. The van der Waals surface area contributed by atoms with Crippen LogP contribution in [0, 0.1) is 3.57 Å². The zero-order chi connectivity index (χ0) is 9.42. The molecule has 0 aliphatic rings. The van der Waals surface area contributed by atoms with Gasteiger partial charge in [0.2, 0.25) is 0 Å². The molecule has 0 N–H and O–H groups in total. The average molecular weight is 343 g/mol. The Morgan fingerprint density at radius 2 is 2.31 bits per heavy atom. The zero-order valence-electron chi connectivity index (χ0n) is 6.54. The highest BCUT2D eigenvalue weighted by Crippen LogP contribution is 2.31. The lowest BCUT2D eigenvalue weighted by atomic mass is 10.4. The molecule has 0 fully saturated rings. The van der Waals surface area contributed by atoms with Crippen LogP contribution >= 0.6 is 57.3 Å². The maximum absolute atomic E-state index is 6.03. The van der Waals surface area contributed by atoms with Crippen molar-refractivity contribution in [1.29, 1.82) is 0 Å². The second-order valence-corrected chi connectivity index (χ2v) is 5.42. The van der Waals surface area contributed by atoms with Crippen LogP contribution in [0.15, 0.2) is 10.5 Å². The summed E-state index contributed by atoms with van der Waals surface area (Å²) in [7, 11) is 0. The molecule has 0 atom stereocenters. The molecule has 0 bridgehead atoms. The molecule has 2 aromatic rings.